The Labute approximate surface area is 154 Å². The third-order valence-electron chi connectivity index (χ3n) is 4.98. The van der Waals surface area contributed by atoms with Gasteiger partial charge in [0.2, 0.25) is 0 Å². The van der Waals surface area contributed by atoms with E-state index in [0.717, 1.165) is 11.5 Å². The second-order valence-electron chi connectivity index (χ2n) is 7.00. The van der Waals surface area contributed by atoms with Crippen LogP contribution in [0, 0.1) is 0 Å². The SMILES string of the molecule is CCCCCCCCCC(CC)c1ccc(Oc2ccccc2)cc1. The van der Waals surface area contributed by atoms with Gasteiger partial charge in [-0.3, -0.25) is 0 Å². The molecule has 0 saturated heterocycles. The first-order valence-electron chi connectivity index (χ1n) is 10.2. The first-order valence-corrected chi connectivity index (χ1v) is 10.2. The Kier molecular flexibility index (Phi) is 9.18. The Hall–Kier alpha value is -1.76. The zero-order chi connectivity index (χ0) is 17.7. The van der Waals surface area contributed by atoms with Crippen LogP contribution in [0.2, 0.25) is 0 Å². The van der Waals surface area contributed by atoms with Crippen molar-refractivity contribution in [3.63, 3.8) is 0 Å². The minimum absolute atomic E-state index is 0.682. The second kappa shape index (κ2) is 11.7. The molecule has 0 amide bonds. The van der Waals surface area contributed by atoms with Crippen LogP contribution in [0.4, 0.5) is 0 Å². The summed E-state index contributed by atoms with van der Waals surface area (Å²) in [6.07, 6.45) is 12.2. The highest BCUT2D eigenvalue weighted by Crippen LogP contribution is 2.29. The van der Waals surface area contributed by atoms with Crippen LogP contribution in [0.5, 0.6) is 11.5 Å². The van der Waals surface area contributed by atoms with E-state index in [4.69, 9.17) is 4.74 Å². The summed E-state index contributed by atoms with van der Waals surface area (Å²) < 4.78 is 5.89. The summed E-state index contributed by atoms with van der Waals surface area (Å²) in [6.45, 7) is 4.59. The Morgan fingerprint density at radius 2 is 1.28 bits per heavy atom. The molecule has 0 saturated carbocycles. The summed E-state index contributed by atoms with van der Waals surface area (Å²) in [5.41, 5.74) is 1.45. The van der Waals surface area contributed by atoms with Crippen LogP contribution in [0.3, 0.4) is 0 Å². The normalized spacial score (nSPS) is 12.1. The van der Waals surface area contributed by atoms with Gasteiger partial charge in [0.1, 0.15) is 11.5 Å². The second-order valence-corrected chi connectivity index (χ2v) is 7.00. The van der Waals surface area contributed by atoms with E-state index in [2.05, 4.69) is 38.1 Å². The fraction of sp³-hybridized carbons (Fsp3) is 0.500. The molecule has 2 rings (SSSR count). The molecule has 1 unspecified atom stereocenters. The molecule has 0 N–H and O–H groups in total. The number of para-hydroxylation sites is 1. The summed E-state index contributed by atoms with van der Waals surface area (Å²) in [4.78, 5) is 0. The Balaban J connectivity index is 1.76. The minimum atomic E-state index is 0.682. The first-order chi connectivity index (χ1) is 12.3. The van der Waals surface area contributed by atoms with Crippen molar-refractivity contribution in [1.82, 2.24) is 0 Å². The number of hydrogen-bond donors (Lipinski definition) is 0. The lowest BCUT2D eigenvalue weighted by Crippen LogP contribution is -1.98. The molecular formula is C24H34O. The smallest absolute Gasteiger partial charge is 0.127 e. The van der Waals surface area contributed by atoms with Gasteiger partial charge in [-0.05, 0) is 48.6 Å². The molecule has 0 radical (unpaired) electrons. The molecule has 0 fully saturated rings. The van der Waals surface area contributed by atoms with Crippen molar-refractivity contribution in [2.24, 2.45) is 0 Å². The summed E-state index contributed by atoms with van der Waals surface area (Å²) in [6, 6.07) is 18.7. The Morgan fingerprint density at radius 3 is 1.92 bits per heavy atom. The largest absolute Gasteiger partial charge is 0.457 e. The highest BCUT2D eigenvalue weighted by Gasteiger charge is 2.09. The maximum atomic E-state index is 5.89. The number of unbranched alkanes of at least 4 members (excludes halogenated alkanes) is 6. The predicted octanol–water partition coefficient (Wildman–Crippen LogP) is 8.11. The molecule has 25 heavy (non-hydrogen) atoms. The van der Waals surface area contributed by atoms with Crippen LogP contribution in [0.1, 0.15) is 83.1 Å². The molecule has 0 spiro atoms. The number of hydrogen-bond acceptors (Lipinski definition) is 1. The van der Waals surface area contributed by atoms with Gasteiger partial charge < -0.3 is 4.74 Å². The molecule has 2 aromatic carbocycles. The average Bonchev–Trinajstić information content (AvgIpc) is 2.66. The zero-order valence-corrected chi connectivity index (χ0v) is 16.0. The van der Waals surface area contributed by atoms with Gasteiger partial charge in [0.05, 0.1) is 0 Å². The lowest BCUT2D eigenvalue weighted by Gasteiger charge is -2.16. The van der Waals surface area contributed by atoms with Crippen LogP contribution < -0.4 is 4.74 Å². The van der Waals surface area contributed by atoms with Crippen LogP contribution in [0.15, 0.2) is 54.6 Å². The summed E-state index contributed by atoms with van der Waals surface area (Å²) in [7, 11) is 0. The van der Waals surface area contributed by atoms with Gasteiger partial charge in [0.25, 0.3) is 0 Å². The van der Waals surface area contributed by atoms with E-state index in [-0.39, 0.29) is 0 Å². The summed E-state index contributed by atoms with van der Waals surface area (Å²) in [5, 5.41) is 0. The number of rotatable bonds is 12. The fourth-order valence-corrected chi connectivity index (χ4v) is 3.39. The fourth-order valence-electron chi connectivity index (χ4n) is 3.39. The molecule has 0 aliphatic rings. The van der Waals surface area contributed by atoms with Crippen LogP contribution >= 0.6 is 0 Å². The molecule has 1 heteroatoms. The number of benzene rings is 2. The molecule has 0 aliphatic carbocycles. The topological polar surface area (TPSA) is 9.23 Å². The highest BCUT2D eigenvalue weighted by molar-refractivity contribution is 5.34. The van der Waals surface area contributed by atoms with Crippen molar-refractivity contribution < 1.29 is 4.74 Å². The van der Waals surface area contributed by atoms with Crippen molar-refractivity contribution in [3.05, 3.63) is 60.2 Å². The Morgan fingerprint density at radius 1 is 0.680 bits per heavy atom. The summed E-state index contributed by atoms with van der Waals surface area (Å²) in [5.74, 6) is 2.49. The molecule has 1 atom stereocenters. The zero-order valence-electron chi connectivity index (χ0n) is 16.0. The van der Waals surface area contributed by atoms with Gasteiger partial charge in [-0.15, -0.1) is 0 Å². The van der Waals surface area contributed by atoms with Gasteiger partial charge in [0, 0.05) is 0 Å². The lowest BCUT2D eigenvalue weighted by atomic mass is 9.90. The van der Waals surface area contributed by atoms with Gasteiger partial charge in [-0.25, -0.2) is 0 Å². The van der Waals surface area contributed by atoms with E-state index >= 15 is 0 Å². The van der Waals surface area contributed by atoms with Gasteiger partial charge in [0.15, 0.2) is 0 Å². The molecular weight excluding hydrogens is 304 g/mol. The van der Waals surface area contributed by atoms with Gasteiger partial charge in [-0.1, -0.05) is 89.1 Å². The molecule has 2 aromatic rings. The van der Waals surface area contributed by atoms with E-state index in [9.17, 15) is 0 Å². The van der Waals surface area contributed by atoms with E-state index in [1.54, 1.807) is 0 Å². The van der Waals surface area contributed by atoms with Crippen LogP contribution in [0.25, 0.3) is 0 Å². The van der Waals surface area contributed by atoms with E-state index in [1.165, 1.54) is 63.4 Å². The average molecular weight is 339 g/mol. The van der Waals surface area contributed by atoms with Crippen molar-refractivity contribution in [2.75, 3.05) is 0 Å². The van der Waals surface area contributed by atoms with E-state index in [1.807, 2.05) is 30.3 Å². The third kappa shape index (κ3) is 7.34. The molecule has 0 bridgehead atoms. The van der Waals surface area contributed by atoms with E-state index < -0.39 is 0 Å². The lowest BCUT2D eigenvalue weighted by molar-refractivity contribution is 0.481. The molecule has 0 aromatic heterocycles. The quantitative estimate of drug-likeness (QED) is 0.355. The van der Waals surface area contributed by atoms with Crippen molar-refractivity contribution in [3.8, 4) is 11.5 Å². The predicted molar refractivity (Wildman–Crippen MR) is 109 cm³/mol. The molecule has 136 valence electrons. The first kappa shape index (κ1) is 19.6. The highest BCUT2D eigenvalue weighted by atomic mass is 16.5. The van der Waals surface area contributed by atoms with Crippen molar-refractivity contribution in [2.45, 2.75) is 77.6 Å². The Bertz CT molecular complexity index is 558. The van der Waals surface area contributed by atoms with E-state index in [0.29, 0.717) is 5.92 Å². The van der Waals surface area contributed by atoms with Gasteiger partial charge in [-0.2, -0.15) is 0 Å². The maximum Gasteiger partial charge on any atom is 0.127 e. The minimum Gasteiger partial charge on any atom is -0.457 e. The summed E-state index contributed by atoms with van der Waals surface area (Å²) >= 11 is 0. The maximum absolute atomic E-state index is 5.89. The van der Waals surface area contributed by atoms with Crippen LogP contribution in [-0.2, 0) is 0 Å². The third-order valence-corrected chi connectivity index (χ3v) is 4.98. The molecule has 0 aliphatic heterocycles. The number of ether oxygens (including phenoxy) is 1. The standard InChI is InChI=1S/C24H34O/c1-3-5-6-7-8-9-11-14-21(4-2)22-17-19-24(20-18-22)25-23-15-12-10-13-16-23/h10,12-13,15-21H,3-9,11,14H2,1-2H3. The van der Waals surface area contributed by atoms with Gasteiger partial charge >= 0.3 is 0 Å². The van der Waals surface area contributed by atoms with Crippen molar-refractivity contribution >= 4 is 0 Å². The van der Waals surface area contributed by atoms with Crippen molar-refractivity contribution in [1.29, 1.82) is 0 Å². The molecule has 1 nitrogen and oxygen atoms in total. The monoisotopic (exact) mass is 338 g/mol. The van der Waals surface area contributed by atoms with Crippen LogP contribution in [-0.4, -0.2) is 0 Å². The molecule has 0 heterocycles.